The van der Waals surface area contributed by atoms with Crippen LogP contribution in [-0.4, -0.2) is 15.7 Å². The van der Waals surface area contributed by atoms with E-state index in [-0.39, 0.29) is 11.8 Å². The van der Waals surface area contributed by atoms with Gasteiger partial charge in [0.2, 0.25) is 5.91 Å². The van der Waals surface area contributed by atoms with Crippen LogP contribution in [0.3, 0.4) is 0 Å². The van der Waals surface area contributed by atoms with Crippen LogP contribution in [0, 0.1) is 5.92 Å². The number of anilines is 1. The van der Waals surface area contributed by atoms with Crippen molar-refractivity contribution in [3.05, 3.63) is 83.0 Å². The summed E-state index contributed by atoms with van der Waals surface area (Å²) in [5, 5.41) is 8.07. The van der Waals surface area contributed by atoms with Gasteiger partial charge in [-0.1, -0.05) is 54.1 Å². The van der Waals surface area contributed by atoms with E-state index in [4.69, 9.17) is 11.6 Å². The number of benzene rings is 2. The monoisotopic (exact) mass is 351 g/mol. The van der Waals surface area contributed by atoms with Gasteiger partial charge in [0.1, 0.15) is 0 Å². The van der Waals surface area contributed by atoms with Gasteiger partial charge in [0, 0.05) is 23.2 Å². The first-order valence-corrected chi connectivity index (χ1v) is 8.70. The van der Waals surface area contributed by atoms with Crippen molar-refractivity contribution in [2.45, 2.75) is 18.9 Å². The SMILES string of the molecule is O=C(Nc1ccn(Cc2ccc(Cl)cc2)n1)[C@H]1C[C@H]1c1ccccc1. The molecule has 1 amide bonds. The van der Waals surface area contributed by atoms with E-state index in [1.54, 1.807) is 4.68 Å². The van der Waals surface area contributed by atoms with Crippen LogP contribution < -0.4 is 5.32 Å². The highest BCUT2D eigenvalue weighted by molar-refractivity contribution is 6.30. The van der Waals surface area contributed by atoms with Gasteiger partial charge in [-0.3, -0.25) is 9.48 Å². The van der Waals surface area contributed by atoms with Crippen molar-refractivity contribution in [3.63, 3.8) is 0 Å². The van der Waals surface area contributed by atoms with Gasteiger partial charge in [-0.25, -0.2) is 0 Å². The summed E-state index contributed by atoms with van der Waals surface area (Å²) in [5.41, 5.74) is 2.34. The molecule has 0 aliphatic heterocycles. The summed E-state index contributed by atoms with van der Waals surface area (Å²) in [5.74, 6) is 1.02. The van der Waals surface area contributed by atoms with Crippen molar-refractivity contribution in [1.29, 1.82) is 0 Å². The molecule has 1 heterocycles. The molecule has 4 rings (SSSR count). The zero-order chi connectivity index (χ0) is 17.2. The molecule has 5 heteroatoms. The number of hydrogen-bond acceptors (Lipinski definition) is 2. The standard InChI is InChI=1S/C20H18ClN3O/c21-16-8-6-14(7-9-16)13-24-11-10-19(23-24)22-20(25)18-12-17(18)15-4-2-1-3-5-15/h1-11,17-18H,12-13H2,(H,22,23,25)/t17-,18-/m0/s1. The van der Waals surface area contributed by atoms with Gasteiger partial charge < -0.3 is 5.32 Å². The average Bonchev–Trinajstić information content (AvgIpc) is 3.33. The van der Waals surface area contributed by atoms with Crippen LogP contribution >= 0.6 is 11.6 Å². The molecule has 1 saturated carbocycles. The number of nitrogens with one attached hydrogen (secondary N) is 1. The van der Waals surface area contributed by atoms with Gasteiger partial charge in [-0.05, 0) is 35.6 Å². The van der Waals surface area contributed by atoms with Gasteiger partial charge in [0.15, 0.2) is 5.82 Å². The quantitative estimate of drug-likeness (QED) is 0.743. The summed E-state index contributed by atoms with van der Waals surface area (Å²) in [6.45, 7) is 0.642. The molecule has 0 saturated heterocycles. The van der Waals surface area contributed by atoms with Crippen LogP contribution in [0.2, 0.25) is 5.02 Å². The lowest BCUT2D eigenvalue weighted by Crippen LogP contribution is -2.15. The Balaban J connectivity index is 1.35. The molecule has 3 aromatic rings. The van der Waals surface area contributed by atoms with E-state index in [0.717, 1.165) is 17.0 Å². The summed E-state index contributed by atoms with van der Waals surface area (Å²) in [6.07, 6.45) is 2.77. The molecular formula is C20H18ClN3O. The van der Waals surface area contributed by atoms with E-state index in [1.165, 1.54) is 5.56 Å². The fourth-order valence-corrected chi connectivity index (χ4v) is 3.19. The van der Waals surface area contributed by atoms with Crippen LogP contribution in [0.4, 0.5) is 5.82 Å². The van der Waals surface area contributed by atoms with Gasteiger partial charge >= 0.3 is 0 Å². The molecule has 1 fully saturated rings. The smallest absolute Gasteiger partial charge is 0.229 e. The minimum absolute atomic E-state index is 0.0452. The summed E-state index contributed by atoms with van der Waals surface area (Å²) < 4.78 is 1.81. The third kappa shape index (κ3) is 3.74. The molecule has 0 radical (unpaired) electrons. The maximum Gasteiger partial charge on any atom is 0.229 e. The van der Waals surface area contributed by atoms with Crippen molar-refractivity contribution >= 4 is 23.3 Å². The van der Waals surface area contributed by atoms with E-state index in [1.807, 2.05) is 54.7 Å². The van der Waals surface area contributed by atoms with Gasteiger partial charge in [0.05, 0.1) is 6.54 Å². The molecule has 0 bridgehead atoms. The largest absolute Gasteiger partial charge is 0.309 e. The molecule has 0 spiro atoms. The number of aromatic nitrogens is 2. The maximum absolute atomic E-state index is 12.4. The number of carbonyl (C=O) groups excluding carboxylic acids is 1. The second-order valence-corrected chi connectivity index (χ2v) is 6.81. The van der Waals surface area contributed by atoms with Gasteiger partial charge in [-0.15, -0.1) is 0 Å². The molecule has 126 valence electrons. The van der Waals surface area contributed by atoms with Crippen LogP contribution in [0.5, 0.6) is 0 Å². The highest BCUT2D eigenvalue weighted by Crippen LogP contribution is 2.47. The zero-order valence-electron chi connectivity index (χ0n) is 13.6. The maximum atomic E-state index is 12.4. The Morgan fingerprint density at radius 1 is 1.12 bits per heavy atom. The molecule has 25 heavy (non-hydrogen) atoms. The number of carbonyl (C=O) groups is 1. The third-order valence-electron chi connectivity index (χ3n) is 4.50. The lowest BCUT2D eigenvalue weighted by atomic mass is 10.1. The van der Waals surface area contributed by atoms with E-state index < -0.39 is 0 Å². The number of halogens is 1. The van der Waals surface area contributed by atoms with Crippen molar-refractivity contribution in [3.8, 4) is 0 Å². The molecule has 1 N–H and O–H groups in total. The second kappa shape index (κ2) is 6.73. The highest BCUT2D eigenvalue weighted by atomic mass is 35.5. The third-order valence-corrected chi connectivity index (χ3v) is 4.76. The molecule has 0 unspecified atom stereocenters. The molecule has 4 nitrogen and oxygen atoms in total. The fourth-order valence-electron chi connectivity index (χ4n) is 3.07. The zero-order valence-corrected chi connectivity index (χ0v) is 14.4. The minimum atomic E-state index is 0.0452. The predicted molar refractivity (Wildman–Crippen MR) is 98.7 cm³/mol. The van der Waals surface area contributed by atoms with E-state index in [2.05, 4.69) is 22.5 Å². The number of hydrogen-bond donors (Lipinski definition) is 1. The first-order chi connectivity index (χ1) is 12.2. The first-order valence-electron chi connectivity index (χ1n) is 8.33. The lowest BCUT2D eigenvalue weighted by molar-refractivity contribution is -0.117. The molecule has 1 aliphatic carbocycles. The lowest BCUT2D eigenvalue weighted by Gasteiger charge is -2.03. The van der Waals surface area contributed by atoms with Gasteiger partial charge in [0.25, 0.3) is 0 Å². The Morgan fingerprint density at radius 2 is 1.88 bits per heavy atom. The molecule has 2 aromatic carbocycles. The number of nitrogens with zero attached hydrogens (tertiary/aromatic N) is 2. The minimum Gasteiger partial charge on any atom is -0.309 e. The Bertz CT molecular complexity index is 873. The van der Waals surface area contributed by atoms with Crippen LogP contribution in [0.15, 0.2) is 66.9 Å². The summed E-state index contributed by atoms with van der Waals surface area (Å²) in [4.78, 5) is 12.4. The Kier molecular flexibility index (Phi) is 4.28. The number of amides is 1. The Labute approximate surface area is 151 Å². The Hall–Kier alpha value is -2.59. The normalized spacial score (nSPS) is 18.8. The number of rotatable bonds is 5. The van der Waals surface area contributed by atoms with Crippen molar-refractivity contribution in [1.82, 2.24) is 9.78 Å². The van der Waals surface area contributed by atoms with Crippen LogP contribution in [-0.2, 0) is 11.3 Å². The molecule has 1 aromatic heterocycles. The van der Waals surface area contributed by atoms with Crippen molar-refractivity contribution in [2.75, 3.05) is 5.32 Å². The fraction of sp³-hybridized carbons (Fsp3) is 0.200. The Morgan fingerprint density at radius 3 is 2.64 bits per heavy atom. The molecule has 2 atom stereocenters. The second-order valence-electron chi connectivity index (χ2n) is 6.37. The van der Waals surface area contributed by atoms with Crippen LogP contribution in [0.1, 0.15) is 23.5 Å². The molecule has 1 aliphatic rings. The van der Waals surface area contributed by atoms with Crippen molar-refractivity contribution in [2.24, 2.45) is 5.92 Å². The van der Waals surface area contributed by atoms with E-state index in [9.17, 15) is 4.79 Å². The summed E-state index contributed by atoms with van der Waals surface area (Å²) in [6, 6.07) is 19.7. The highest BCUT2D eigenvalue weighted by Gasteiger charge is 2.43. The van der Waals surface area contributed by atoms with Crippen LogP contribution in [0.25, 0.3) is 0 Å². The first kappa shape index (κ1) is 15.9. The summed E-state index contributed by atoms with van der Waals surface area (Å²) >= 11 is 5.90. The summed E-state index contributed by atoms with van der Waals surface area (Å²) in [7, 11) is 0. The van der Waals surface area contributed by atoms with E-state index >= 15 is 0 Å². The predicted octanol–water partition coefficient (Wildman–Crippen LogP) is 4.33. The topological polar surface area (TPSA) is 46.9 Å². The average molecular weight is 352 g/mol. The van der Waals surface area contributed by atoms with Gasteiger partial charge in [-0.2, -0.15) is 5.10 Å². The molecular weight excluding hydrogens is 334 g/mol. The van der Waals surface area contributed by atoms with E-state index in [0.29, 0.717) is 18.3 Å². The van der Waals surface area contributed by atoms with Crippen molar-refractivity contribution < 1.29 is 4.79 Å².